The molecule has 0 aromatic carbocycles. The number of rotatable bonds is 9. The van der Waals surface area contributed by atoms with Crippen molar-refractivity contribution in [2.45, 2.75) is 59.4 Å². The molecule has 1 aromatic rings. The van der Waals surface area contributed by atoms with Crippen LogP contribution in [0.3, 0.4) is 0 Å². The fourth-order valence-corrected chi connectivity index (χ4v) is 4.15. The summed E-state index contributed by atoms with van der Waals surface area (Å²) in [5.41, 5.74) is 9.75. The van der Waals surface area contributed by atoms with E-state index in [0.29, 0.717) is 36.8 Å². The normalized spacial score (nSPS) is 19.3. The van der Waals surface area contributed by atoms with Gasteiger partial charge in [0.15, 0.2) is 0 Å². The third kappa shape index (κ3) is 5.96. The Hall–Kier alpha value is -3.16. The highest BCUT2D eigenvalue weighted by molar-refractivity contribution is 5.83. The molecule has 0 saturated heterocycles. The van der Waals surface area contributed by atoms with Gasteiger partial charge < -0.3 is 21.3 Å². The molecule has 0 radical (unpaired) electrons. The predicted molar refractivity (Wildman–Crippen MR) is 123 cm³/mol. The van der Waals surface area contributed by atoms with Gasteiger partial charge in [0.2, 0.25) is 18.2 Å². The Balaban J connectivity index is 1.60. The number of nitrogens with one attached hydrogen (secondary N) is 2. The van der Waals surface area contributed by atoms with E-state index in [1.807, 2.05) is 26.0 Å². The molecule has 1 fully saturated rings. The van der Waals surface area contributed by atoms with Gasteiger partial charge in [0.05, 0.1) is 0 Å². The summed E-state index contributed by atoms with van der Waals surface area (Å²) in [5, 5.41) is 5.80. The molecule has 2 aliphatic rings. The number of nitrogen functional groups attached to an aromatic ring is 1. The van der Waals surface area contributed by atoms with Crippen LogP contribution in [-0.2, 0) is 20.9 Å². The SMILES string of the molecule is CC1=C(/C=C(/C)N(C=O)CC(=O)NCc2ccc(N)nc2C)CC(CC2CCC2)C(=O)N1. The number of hydrogen-bond acceptors (Lipinski definition) is 5. The van der Waals surface area contributed by atoms with Crippen molar-refractivity contribution in [1.29, 1.82) is 0 Å². The lowest BCUT2D eigenvalue weighted by Gasteiger charge is -2.32. The Labute approximate surface area is 189 Å². The maximum atomic E-state index is 12.4. The Morgan fingerprint density at radius 3 is 2.72 bits per heavy atom. The van der Waals surface area contributed by atoms with Crippen LogP contribution in [-0.4, -0.2) is 34.7 Å². The Kier molecular flexibility index (Phi) is 7.66. The first kappa shape index (κ1) is 23.5. The average Bonchev–Trinajstić information content (AvgIpc) is 2.71. The standard InChI is InChI=1S/C24H33N5O3/c1-15(9-20-11-21(10-18-5-4-6-18)24(32)28-17(20)3)29(14-30)13-23(31)26-12-19-7-8-22(25)27-16(19)2/h7-9,14,18,21H,4-6,10-13H2,1-3H3,(H2,25,27)(H,26,31)(H,28,32)/b15-9-. The number of aromatic nitrogens is 1. The molecule has 1 aromatic heterocycles. The summed E-state index contributed by atoms with van der Waals surface area (Å²) in [7, 11) is 0. The number of carbonyl (C=O) groups excluding carboxylic acids is 3. The molecule has 1 aliphatic heterocycles. The Bertz CT molecular complexity index is 949. The van der Waals surface area contributed by atoms with Crippen molar-refractivity contribution < 1.29 is 14.4 Å². The number of nitrogens with two attached hydrogens (primary N) is 1. The van der Waals surface area contributed by atoms with E-state index in [1.165, 1.54) is 24.2 Å². The summed E-state index contributed by atoms with van der Waals surface area (Å²) in [4.78, 5) is 42.0. The van der Waals surface area contributed by atoms with Gasteiger partial charge in [-0.15, -0.1) is 0 Å². The van der Waals surface area contributed by atoms with Gasteiger partial charge in [0, 0.05) is 29.6 Å². The number of pyridine rings is 1. The minimum absolute atomic E-state index is 0.0345. The van der Waals surface area contributed by atoms with Gasteiger partial charge in [-0.1, -0.05) is 25.3 Å². The molecule has 3 rings (SSSR count). The summed E-state index contributed by atoms with van der Waals surface area (Å²) < 4.78 is 0. The fraction of sp³-hybridized carbons (Fsp3) is 0.500. The van der Waals surface area contributed by atoms with Gasteiger partial charge in [-0.2, -0.15) is 0 Å². The number of aryl methyl sites for hydroxylation is 1. The van der Waals surface area contributed by atoms with E-state index in [4.69, 9.17) is 5.73 Å². The van der Waals surface area contributed by atoms with Gasteiger partial charge in [0.25, 0.3) is 0 Å². The molecule has 1 aliphatic carbocycles. The molecule has 0 spiro atoms. The molecule has 8 nitrogen and oxygen atoms in total. The summed E-state index contributed by atoms with van der Waals surface area (Å²) in [6, 6.07) is 3.52. The van der Waals surface area contributed by atoms with Crippen LogP contribution in [0.5, 0.6) is 0 Å². The molecule has 2 heterocycles. The van der Waals surface area contributed by atoms with Crippen molar-refractivity contribution in [3.63, 3.8) is 0 Å². The van der Waals surface area contributed by atoms with Gasteiger partial charge in [0.1, 0.15) is 12.4 Å². The lowest BCUT2D eigenvalue weighted by molar-refractivity contribution is -0.126. The van der Waals surface area contributed by atoms with Gasteiger partial charge in [-0.05, 0) is 62.8 Å². The zero-order valence-electron chi connectivity index (χ0n) is 19.1. The number of anilines is 1. The number of allylic oxidation sites excluding steroid dienone is 4. The highest BCUT2D eigenvalue weighted by Crippen LogP contribution is 2.36. The third-order valence-electron chi connectivity index (χ3n) is 6.44. The van der Waals surface area contributed by atoms with Crippen LogP contribution in [0.1, 0.15) is 57.2 Å². The van der Waals surface area contributed by atoms with Crippen molar-refractivity contribution in [3.8, 4) is 0 Å². The zero-order valence-corrected chi connectivity index (χ0v) is 19.1. The summed E-state index contributed by atoms with van der Waals surface area (Å²) >= 11 is 0. The lowest BCUT2D eigenvalue weighted by atomic mass is 9.76. The van der Waals surface area contributed by atoms with E-state index in [0.717, 1.165) is 28.9 Å². The summed E-state index contributed by atoms with van der Waals surface area (Å²) in [6.07, 6.45) is 7.79. The molecule has 1 atom stereocenters. The van der Waals surface area contributed by atoms with E-state index in [1.54, 1.807) is 13.0 Å². The minimum Gasteiger partial charge on any atom is -0.384 e. The first-order chi connectivity index (χ1) is 15.3. The largest absolute Gasteiger partial charge is 0.384 e. The van der Waals surface area contributed by atoms with Crippen molar-refractivity contribution in [3.05, 3.63) is 46.4 Å². The van der Waals surface area contributed by atoms with Gasteiger partial charge in [-0.3, -0.25) is 14.4 Å². The van der Waals surface area contributed by atoms with Gasteiger partial charge >= 0.3 is 0 Å². The second-order valence-electron chi connectivity index (χ2n) is 8.85. The highest BCUT2D eigenvalue weighted by atomic mass is 16.2. The first-order valence-corrected chi connectivity index (χ1v) is 11.2. The number of amides is 3. The maximum absolute atomic E-state index is 12.4. The summed E-state index contributed by atoms with van der Waals surface area (Å²) in [6.45, 7) is 5.73. The minimum atomic E-state index is -0.272. The van der Waals surface area contributed by atoms with Crippen LogP contribution in [0, 0.1) is 18.8 Å². The topological polar surface area (TPSA) is 117 Å². The van der Waals surface area contributed by atoms with E-state index in [-0.39, 0.29) is 24.3 Å². The second-order valence-corrected chi connectivity index (χ2v) is 8.85. The van der Waals surface area contributed by atoms with E-state index >= 15 is 0 Å². The molecule has 3 amide bonds. The van der Waals surface area contributed by atoms with Crippen LogP contribution in [0.25, 0.3) is 0 Å². The van der Waals surface area contributed by atoms with Crippen molar-refractivity contribution in [2.75, 3.05) is 12.3 Å². The Morgan fingerprint density at radius 2 is 2.09 bits per heavy atom. The lowest BCUT2D eigenvalue weighted by Crippen LogP contribution is -2.37. The fourth-order valence-electron chi connectivity index (χ4n) is 4.15. The van der Waals surface area contributed by atoms with Crippen molar-refractivity contribution >= 4 is 24.0 Å². The van der Waals surface area contributed by atoms with E-state index in [2.05, 4.69) is 15.6 Å². The number of nitrogens with zero attached hydrogens (tertiary/aromatic N) is 2. The van der Waals surface area contributed by atoms with Crippen LogP contribution in [0.4, 0.5) is 5.82 Å². The number of carbonyl (C=O) groups is 3. The summed E-state index contributed by atoms with van der Waals surface area (Å²) in [5.74, 6) is 0.858. The molecular formula is C24H33N5O3. The molecule has 0 bridgehead atoms. The molecule has 1 saturated carbocycles. The number of hydrogen-bond donors (Lipinski definition) is 3. The van der Waals surface area contributed by atoms with Crippen LogP contribution >= 0.6 is 0 Å². The van der Waals surface area contributed by atoms with Crippen LogP contribution < -0.4 is 16.4 Å². The highest BCUT2D eigenvalue weighted by Gasteiger charge is 2.30. The molecule has 172 valence electrons. The van der Waals surface area contributed by atoms with E-state index in [9.17, 15) is 14.4 Å². The molecular weight excluding hydrogens is 406 g/mol. The van der Waals surface area contributed by atoms with Crippen LogP contribution in [0.15, 0.2) is 35.2 Å². The Morgan fingerprint density at radius 1 is 1.34 bits per heavy atom. The van der Waals surface area contributed by atoms with Crippen molar-refractivity contribution in [2.24, 2.45) is 11.8 Å². The van der Waals surface area contributed by atoms with Crippen LogP contribution in [0.2, 0.25) is 0 Å². The smallest absolute Gasteiger partial charge is 0.240 e. The van der Waals surface area contributed by atoms with Gasteiger partial charge in [-0.25, -0.2) is 4.98 Å². The predicted octanol–water partition coefficient (Wildman–Crippen LogP) is 2.55. The second kappa shape index (κ2) is 10.4. The first-order valence-electron chi connectivity index (χ1n) is 11.2. The molecule has 32 heavy (non-hydrogen) atoms. The van der Waals surface area contributed by atoms with E-state index < -0.39 is 0 Å². The zero-order chi connectivity index (χ0) is 23.3. The molecule has 1 unspecified atom stereocenters. The molecule has 8 heteroatoms. The third-order valence-corrected chi connectivity index (χ3v) is 6.44. The van der Waals surface area contributed by atoms with Crippen molar-refractivity contribution in [1.82, 2.24) is 20.5 Å². The average molecular weight is 440 g/mol. The monoisotopic (exact) mass is 439 g/mol. The molecule has 4 N–H and O–H groups in total. The quantitative estimate of drug-likeness (QED) is 0.511. The maximum Gasteiger partial charge on any atom is 0.240 e.